The summed E-state index contributed by atoms with van der Waals surface area (Å²) >= 11 is 0. The number of nitrogens with zero attached hydrogens (tertiary/aromatic N) is 3. The number of aliphatic hydroxyl groups is 1. The lowest BCUT2D eigenvalue weighted by Crippen LogP contribution is -2.32. The molecule has 0 amide bonds. The monoisotopic (exact) mass is 288 g/mol. The van der Waals surface area contributed by atoms with Gasteiger partial charge in [0.15, 0.2) is 5.82 Å². The van der Waals surface area contributed by atoms with Gasteiger partial charge in [-0.15, -0.1) is 0 Å². The van der Waals surface area contributed by atoms with E-state index >= 15 is 0 Å². The number of ether oxygens (including phenoxy) is 1. The summed E-state index contributed by atoms with van der Waals surface area (Å²) in [4.78, 5) is 3.89. The Hall–Kier alpha value is -2.43. The van der Waals surface area contributed by atoms with Gasteiger partial charge in [-0.1, -0.05) is 11.2 Å². The van der Waals surface area contributed by atoms with Crippen LogP contribution in [-0.4, -0.2) is 41.0 Å². The van der Waals surface area contributed by atoms with Crippen molar-refractivity contribution in [3.63, 3.8) is 0 Å². The molecule has 0 saturated heterocycles. The molecule has 1 atom stereocenters. The minimum Gasteiger partial charge on any atom is -0.491 e. The third-order valence-corrected chi connectivity index (χ3v) is 2.72. The molecule has 21 heavy (non-hydrogen) atoms. The van der Waals surface area contributed by atoms with Gasteiger partial charge < -0.3 is 19.7 Å². The molecule has 110 valence electrons. The molecule has 7 nitrogen and oxygen atoms in total. The van der Waals surface area contributed by atoms with E-state index < -0.39 is 6.10 Å². The summed E-state index contributed by atoms with van der Waals surface area (Å²) in [5.41, 5.74) is 0.528. The maximum absolute atomic E-state index is 9.79. The van der Waals surface area contributed by atoms with Crippen LogP contribution in [0.3, 0.4) is 0 Å². The first kappa shape index (κ1) is 15.0. The van der Waals surface area contributed by atoms with Crippen LogP contribution >= 0.6 is 0 Å². The van der Waals surface area contributed by atoms with E-state index in [1.54, 1.807) is 24.3 Å². The molecule has 1 unspecified atom stereocenters. The Kier molecular flexibility index (Phi) is 5.70. The Bertz CT molecular complexity index is 580. The van der Waals surface area contributed by atoms with Crippen LogP contribution in [0.1, 0.15) is 11.4 Å². The zero-order chi connectivity index (χ0) is 14.9. The number of rotatable bonds is 8. The van der Waals surface area contributed by atoms with Crippen LogP contribution in [-0.2, 0) is 6.42 Å². The van der Waals surface area contributed by atoms with E-state index in [1.165, 1.54) is 6.39 Å². The van der Waals surface area contributed by atoms with E-state index in [0.29, 0.717) is 36.6 Å². The van der Waals surface area contributed by atoms with Crippen molar-refractivity contribution in [2.75, 3.05) is 19.7 Å². The molecular weight excluding hydrogens is 272 g/mol. The van der Waals surface area contributed by atoms with Crippen molar-refractivity contribution in [1.29, 1.82) is 5.26 Å². The van der Waals surface area contributed by atoms with Gasteiger partial charge in [-0.3, -0.25) is 0 Å². The number of aromatic nitrogens is 2. The van der Waals surface area contributed by atoms with E-state index in [9.17, 15) is 5.11 Å². The third-order valence-electron chi connectivity index (χ3n) is 2.72. The van der Waals surface area contributed by atoms with E-state index in [0.717, 1.165) is 0 Å². The molecule has 1 aromatic carbocycles. The van der Waals surface area contributed by atoms with E-state index in [-0.39, 0.29) is 6.61 Å². The quantitative estimate of drug-likeness (QED) is 0.682. The van der Waals surface area contributed by atoms with E-state index in [4.69, 9.17) is 10.00 Å². The van der Waals surface area contributed by atoms with Crippen molar-refractivity contribution in [2.24, 2.45) is 0 Å². The van der Waals surface area contributed by atoms with Gasteiger partial charge in [-0.05, 0) is 18.2 Å². The minimum atomic E-state index is -0.638. The summed E-state index contributed by atoms with van der Waals surface area (Å²) in [5, 5.41) is 25.3. The highest BCUT2D eigenvalue weighted by atomic mass is 16.5. The molecular formula is C14H16N4O3. The number of hydrogen-bond acceptors (Lipinski definition) is 7. The van der Waals surface area contributed by atoms with Crippen molar-refractivity contribution in [3.05, 3.63) is 42.0 Å². The van der Waals surface area contributed by atoms with Crippen molar-refractivity contribution in [3.8, 4) is 11.8 Å². The molecule has 0 spiro atoms. The molecule has 1 heterocycles. The first-order valence-electron chi connectivity index (χ1n) is 6.55. The molecule has 0 saturated carbocycles. The molecule has 0 aliphatic rings. The van der Waals surface area contributed by atoms with Crippen LogP contribution in [0.5, 0.6) is 5.75 Å². The number of hydrogen-bond donors (Lipinski definition) is 2. The molecule has 1 aromatic heterocycles. The number of nitriles is 1. The molecule has 2 N–H and O–H groups in total. The lowest BCUT2D eigenvalue weighted by atomic mass is 10.2. The third kappa shape index (κ3) is 5.22. The second-order valence-corrected chi connectivity index (χ2v) is 4.41. The summed E-state index contributed by atoms with van der Waals surface area (Å²) < 4.78 is 10.1. The van der Waals surface area contributed by atoms with Gasteiger partial charge in [0.25, 0.3) is 0 Å². The van der Waals surface area contributed by atoms with Crippen LogP contribution in [0.15, 0.2) is 35.2 Å². The Morgan fingerprint density at radius 1 is 1.48 bits per heavy atom. The topological polar surface area (TPSA) is 104 Å². The van der Waals surface area contributed by atoms with Crippen LogP contribution in [0.2, 0.25) is 0 Å². The van der Waals surface area contributed by atoms with Crippen LogP contribution in [0.4, 0.5) is 0 Å². The minimum absolute atomic E-state index is 0.157. The zero-order valence-corrected chi connectivity index (χ0v) is 11.4. The van der Waals surface area contributed by atoms with E-state index in [2.05, 4.69) is 20.0 Å². The zero-order valence-electron chi connectivity index (χ0n) is 11.4. The average Bonchev–Trinajstić information content (AvgIpc) is 3.03. The number of aliphatic hydroxyl groups excluding tert-OH is 1. The Labute approximate surface area is 122 Å². The molecule has 0 aliphatic carbocycles. The molecule has 2 aromatic rings. The molecule has 0 bridgehead atoms. The molecule has 0 radical (unpaired) electrons. The normalized spacial score (nSPS) is 11.8. The molecule has 7 heteroatoms. The second kappa shape index (κ2) is 7.99. The van der Waals surface area contributed by atoms with Crippen LogP contribution in [0.25, 0.3) is 0 Å². The molecule has 0 aliphatic heterocycles. The van der Waals surface area contributed by atoms with Crippen molar-refractivity contribution >= 4 is 0 Å². The smallest absolute Gasteiger partial charge is 0.213 e. The van der Waals surface area contributed by atoms with Crippen LogP contribution < -0.4 is 10.1 Å². The van der Waals surface area contributed by atoms with Gasteiger partial charge in [0.2, 0.25) is 6.39 Å². The fourth-order valence-electron chi connectivity index (χ4n) is 1.68. The van der Waals surface area contributed by atoms with Gasteiger partial charge in [0.1, 0.15) is 18.5 Å². The highest BCUT2D eigenvalue weighted by Crippen LogP contribution is 2.12. The van der Waals surface area contributed by atoms with Crippen molar-refractivity contribution < 1.29 is 14.4 Å². The van der Waals surface area contributed by atoms with Crippen LogP contribution in [0, 0.1) is 11.3 Å². The predicted octanol–water partition coefficient (Wildman–Crippen LogP) is 0.513. The standard InChI is InChI=1S/C14H16N4O3/c15-7-11-2-1-3-13(6-11)20-9-12(19)8-16-5-4-14-17-10-21-18-14/h1-3,6,10,12,16,19H,4-5,8-9H2. The van der Waals surface area contributed by atoms with Gasteiger partial charge >= 0.3 is 0 Å². The summed E-state index contributed by atoms with van der Waals surface area (Å²) in [6.45, 7) is 1.19. The van der Waals surface area contributed by atoms with Gasteiger partial charge in [-0.2, -0.15) is 10.2 Å². The van der Waals surface area contributed by atoms with Gasteiger partial charge in [0.05, 0.1) is 11.6 Å². The largest absolute Gasteiger partial charge is 0.491 e. The summed E-state index contributed by atoms with van der Waals surface area (Å²) in [6, 6.07) is 8.86. The van der Waals surface area contributed by atoms with Crippen molar-refractivity contribution in [2.45, 2.75) is 12.5 Å². The first-order valence-corrected chi connectivity index (χ1v) is 6.55. The first-order chi connectivity index (χ1) is 10.3. The maximum Gasteiger partial charge on any atom is 0.213 e. The Balaban J connectivity index is 1.63. The molecule has 2 rings (SSSR count). The molecule has 0 fully saturated rings. The Morgan fingerprint density at radius 3 is 3.14 bits per heavy atom. The Morgan fingerprint density at radius 2 is 2.38 bits per heavy atom. The second-order valence-electron chi connectivity index (χ2n) is 4.41. The summed E-state index contributed by atoms with van der Waals surface area (Å²) in [7, 11) is 0. The summed E-state index contributed by atoms with van der Waals surface area (Å²) in [5.74, 6) is 1.20. The lowest BCUT2D eigenvalue weighted by Gasteiger charge is -2.13. The van der Waals surface area contributed by atoms with Crippen molar-refractivity contribution in [1.82, 2.24) is 15.5 Å². The van der Waals surface area contributed by atoms with Gasteiger partial charge in [0, 0.05) is 19.5 Å². The fraction of sp³-hybridized carbons (Fsp3) is 0.357. The van der Waals surface area contributed by atoms with Gasteiger partial charge in [-0.25, -0.2) is 0 Å². The maximum atomic E-state index is 9.79. The highest BCUT2D eigenvalue weighted by Gasteiger charge is 2.06. The predicted molar refractivity (Wildman–Crippen MR) is 73.5 cm³/mol. The highest BCUT2D eigenvalue weighted by molar-refractivity contribution is 5.36. The number of benzene rings is 1. The SMILES string of the molecule is N#Cc1cccc(OCC(O)CNCCc2ncon2)c1. The number of nitrogens with one attached hydrogen (secondary N) is 1. The average molecular weight is 288 g/mol. The summed E-state index contributed by atoms with van der Waals surface area (Å²) in [6.07, 6.45) is 1.28. The lowest BCUT2D eigenvalue weighted by molar-refractivity contribution is 0.106. The van der Waals surface area contributed by atoms with E-state index in [1.807, 2.05) is 6.07 Å². The fourth-order valence-corrected chi connectivity index (χ4v) is 1.68.